The fourth-order valence-electron chi connectivity index (χ4n) is 6.68. The van der Waals surface area contributed by atoms with E-state index in [-0.39, 0.29) is 69.4 Å². The Balaban J connectivity index is 0.000000247. The van der Waals surface area contributed by atoms with Gasteiger partial charge in [-0.1, -0.05) is 47.5 Å². The lowest BCUT2D eigenvalue weighted by Crippen LogP contribution is -2.52. The van der Waals surface area contributed by atoms with Crippen LogP contribution in [-0.4, -0.2) is 135 Å². The lowest BCUT2D eigenvalue weighted by Gasteiger charge is -2.36. The lowest BCUT2D eigenvalue weighted by molar-refractivity contribution is -0.131. The summed E-state index contributed by atoms with van der Waals surface area (Å²) in [6.07, 6.45) is -3.27. The highest BCUT2D eigenvalue weighted by atomic mass is 35.5. The standard InChI is InChI=1S/C23H23ClF4N4O3.C21H23ClF2N4O2/c1-30-6-8-31(9-7-30)23(35)32(16-4-5-18(25)17(24)11-16)13-15-3-2-14(10-19(15)26)20(33)12-29-22(34)21(27)28;1-26-6-8-27(9-7-26)21(30)28(16-4-5-18(23)17(22)11-16)13-15-3-2-14(10-19(15)24)20(29)12-25/h2-5,10-11,21H,6-9,12-13H2,1H3,(H,29,34);2-5,10-11H,6-9,12-13,25H2,1H3. The van der Waals surface area contributed by atoms with Gasteiger partial charge < -0.3 is 30.7 Å². The Morgan fingerprint density at radius 3 is 1.35 bits per heavy atom. The van der Waals surface area contributed by atoms with Gasteiger partial charge in [0.15, 0.2) is 11.6 Å². The fraction of sp³-hybridized carbons (Fsp3) is 0.341. The molecule has 0 unspecified atom stereocenters. The van der Waals surface area contributed by atoms with E-state index in [0.717, 1.165) is 18.2 Å². The summed E-state index contributed by atoms with van der Waals surface area (Å²) in [6, 6.07) is 14.4. The molecule has 65 heavy (non-hydrogen) atoms. The van der Waals surface area contributed by atoms with Crippen molar-refractivity contribution >= 4 is 64.1 Å². The van der Waals surface area contributed by atoms with Crippen LogP contribution in [0.5, 0.6) is 0 Å². The number of urea groups is 2. The summed E-state index contributed by atoms with van der Waals surface area (Å²) in [5, 5.41) is 1.43. The van der Waals surface area contributed by atoms with Crippen molar-refractivity contribution in [2.75, 3.05) is 89.3 Å². The number of nitrogens with zero attached hydrogens (tertiary/aromatic N) is 6. The maximum Gasteiger partial charge on any atom is 0.324 e. The summed E-state index contributed by atoms with van der Waals surface area (Å²) in [5.74, 6) is -5.47. The van der Waals surface area contributed by atoms with Gasteiger partial charge in [0.05, 0.1) is 36.2 Å². The summed E-state index contributed by atoms with van der Waals surface area (Å²) in [5.41, 5.74) is 6.24. The minimum atomic E-state index is -3.27. The Morgan fingerprint density at radius 1 is 0.600 bits per heavy atom. The van der Waals surface area contributed by atoms with Crippen LogP contribution in [0.1, 0.15) is 31.8 Å². The zero-order valence-electron chi connectivity index (χ0n) is 35.3. The Bertz CT molecular complexity index is 2380. The van der Waals surface area contributed by atoms with Crippen LogP contribution in [0.25, 0.3) is 0 Å². The Labute approximate surface area is 381 Å². The lowest BCUT2D eigenvalue weighted by atomic mass is 10.1. The molecule has 3 N–H and O–H groups in total. The van der Waals surface area contributed by atoms with E-state index in [1.807, 2.05) is 14.1 Å². The van der Waals surface area contributed by atoms with Crippen LogP contribution in [0.15, 0.2) is 72.8 Å². The van der Waals surface area contributed by atoms with Crippen LogP contribution in [0.2, 0.25) is 10.0 Å². The van der Waals surface area contributed by atoms with E-state index in [0.29, 0.717) is 58.0 Å². The Hall–Kier alpha value is -5.73. The highest BCUT2D eigenvalue weighted by molar-refractivity contribution is 6.31. The fourth-order valence-corrected chi connectivity index (χ4v) is 7.03. The molecule has 0 radical (unpaired) electrons. The molecule has 0 spiro atoms. The summed E-state index contributed by atoms with van der Waals surface area (Å²) in [7, 11) is 3.90. The quantitative estimate of drug-likeness (QED) is 0.118. The molecule has 6 rings (SSSR count). The summed E-state index contributed by atoms with van der Waals surface area (Å²) in [6.45, 7) is 3.38. The maximum absolute atomic E-state index is 14.9. The summed E-state index contributed by atoms with van der Waals surface area (Å²) in [4.78, 5) is 71.4. The van der Waals surface area contributed by atoms with E-state index in [4.69, 9.17) is 28.9 Å². The van der Waals surface area contributed by atoms with E-state index in [1.54, 1.807) is 15.1 Å². The Morgan fingerprint density at radius 2 is 1.00 bits per heavy atom. The van der Waals surface area contributed by atoms with Crippen LogP contribution in [-0.2, 0) is 17.9 Å². The number of Topliss-reactive ketones (excluding diaryl/α,β-unsaturated/α-hetero) is 2. The first-order chi connectivity index (χ1) is 30.9. The molecule has 2 aliphatic rings. The highest BCUT2D eigenvalue weighted by Crippen LogP contribution is 2.28. The average molecular weight is 952 g/mol. The molecule has 0 atom stereocenters. The van der Waals surface area contributed by atoms with Gasteiger partial charge in [0, 0.05) is 86.0 Å². The monoisotopic (exact) mass is 950 g/mol. The SMILES string of the molecule is CN1CCN(C(=O)N(Cc2ccc(C(=O)CN)cc2F)c2ccc(F)c(Cl)c2)CC1.CN1CCN(C(=O)N(Cc2ccc(C(=O)CNC(=O)C(F)F)cc2F)c2ccc(F)c(Cl)c2)CC1. The van der Waals surface area contributed by atoms with Gasteiger partial charge in [0.2, 0.25) is 0 Å². The first-order valence-corrected chi connectivity index (χ1v) is 20.9. The third-order valence-electron chi connectivity index (χ3n) is 10.7. The van der Waals surface area contributed by atoms with Crippen LogP contribution < -0.4 is 20.9 Å². The first-order valence-electron chi connectivity index (χ1n) is 20.2. The largest absolute Gasteiger partial charge is 0.344 e. The van der Waals surface area contributed by atoms with E-state index in [2.05, 4.69) is 9.80 Å². The van der Waals surface area contributed by atoms with Crippen LogP contribution in [0.4, 0.5) is 47.3 Å². The third kappa shape index (κ3) is 13.4. The predicted molar refractivity (Wildman–Crippen MR) is 234 cm³/mol. The number of hydrogen-bond donors (Lipinski definition) is 2. The zero-order valence-corrected chi connectivity index (χ0v) is 36.8. The van der Waals surface area contributed by atoms with Crippen LogP contribution in [0, 0.1) is 23.3 Å². The van der Waals surface area contributed by atoms with Crippen molar-refractivity contribution in [2.45, 2.75) is 19.5 Å². The van der Waals surface area contributed by atoms with Crippen molar-refractivity contribution in [3.63, 3.8) is 0 Å². The molecule has 0 aliphatic carbocycles. The number of carbonyl (C=O) groups is 5. The number of halogens is 8. The minimum Gasteiger partial charge on any atom is -0.344 e. The third-order valence-corrected chi connectivity index (χ3v) is 11.2. The zero-order chi connectivity index (χ0) is 47.5. The number of benzene rings is 4. The smallest absolute Gasteiger partial charge is 0.324 e. The number of ketones is 2. The number of carbonyl (C=O) groups excluding carboxylic acids is 5. The first kappa shape index (κ1) is 50.3. The number of nitrogens with one attached hydrogen (secondary N) is 1. The van der Waals surface area contributed by atoms with E-state index in [9.17, 15) is 50.3 Å². The number of anilines is 2. The molecule has 0 saturated carbocycles. The molecule has 4 aromatic carbocycles. The van der Waals surface area contributed by atoms with Crippen molar-refractivity contribution in [1.29, 1.82) is 0 Å². The van der Waals surface area contributed by atoms with Gasteiger partial charge in [-0.2, -0.15) is 8.78 Å². The molecule has 2 fully saturated rings. The van der Waals surface area contributed by atoms with E-state index >= 15 is 0 Å². The van der Waals surface area contributed by atoms with Gasteiger partial charge >= 0.3 is 18.5 Å². The van der Waals surface area contributed by atoms with Gasteiger partial charge in [0.1, 0.15) is 23.3 Å². The van der Waals surface area contributed by atoms with Crippen LogP contribution >= 0.6 is 23.2 Å². The molecular weight excluding hydrogens is 905 g/mol. The second kappa shape index (κ2) is 22.9. The number of amides is 5. The number of alkyl halides is 2. The predicted octanol–water partition coefficient (Wildman–Crippen LogP) is 6.69. The molecule has 5 amide bonds. The van der Waals surface area contributed by atoms with Crippen LogP contribution in [0.3, 0.4) is 0 Å². The molecule has 348 valence electrons. The normalized spacial score (nSPS) is 14.4. The summed E-state index contributed by atoms with van der Waals surface area (Å²) >= 11 is 11.8. The average Bonchev–Trinajstić information content (AvgIpc) is 3.29. The van der Waals surface area contributed by atoms with Crippen molar-refractivity contribution in [3.8, 4) is 0 Å². The second-order valence-electron chi connectivity index (χ2n) is 15.2. The topological polar surface area (TPSA) is 143 Å². The number of piperazine rings is 2. The van der Waals surface area contributed by atoms with Crippen molar-refractivity contribution in [3.05, 3.63) is 128 Å². The number of nitrogens with two attached hydrogens (primary N) is 1. The number of hydrogen-bond acceptors (Lipinski definition) is 8. The van der Waals surface area contributed by atoms with Gasteiger partial charge in [-0.15, -0.1) is 0 Å². The molecule has 2 aliphatic heterocycles. The van der Waals surface area contributed by atoms with Crippen molar-refractivity contribution < 1.29 is 50.3 Å². The number of rotatable bonds is 12. The van der Waals surface area contributed by atoms with Gasteiger partial charge in [0.25, 0.3) is 5.91 Å². The number of likely N-dealkylation sites (N-methyl/N-ethyl adjacent to an activating group) is 2. The van der Waals surface area contributed by atoms with E-state index < -0.39 is 54.0 Å². The molecule has 2 heterocycles. The summed E-state index contributed by atoms with van der Waals surface area (Å²) < 4.78 is 81.5. The van der Waals surface area contributed by atoms with Gasteiger partial charge in [-0.05, 0) is 62.6 Å². The highest BCUT2D eigenvalue weighted by Gasteiger charge is 2.29. The minimum absolute atomic E-state index is 0.0566. The molecule has 13 nitrogen and oxygen atoms in total. The Kier molecular flexibility index (Phi) is 17.7. The molecule has 0 bridgehead atoms. The van der Waals surface area contributed by atoms with Crippen molar-refractivity contribution in [2.24, 2.45) is 5.73 Å². The molecule has 4 aromatic rings. The van der Waals surface area contributed by atoms with Crippen molar-refractivity contribution in [1.82, 2.24) is 24.9 Å². The second-order valence-corrected chi connectivity index (χ2v) is 16.0. The maximum atomic E-state index is 14.9. The van der Waals surface area contributed by atoms with Gasteiger partial charge in [-0.3, -0.25) is 24.2 Å². The van der Waals surface area contributed by atoms with Gasteiger partial charge in [-0.25, -0.2) is 27.2 Å². The molecule has 21 heteroatoms. The molecule has 2 saturated heterocycles. The van der Waals surface area contributed by atoms with E-state index in [1.165, 1.54) is 64.4 Å². The molecular formula is C44H46Cl2F6N8O5. The molecule has 0 aromatic heterocycles.